The number of carbonyl (C=O) groups excluding carboxylic acids is 1. The summed E-state index contributed by atoms with van der Waals surface area (Å²) in [5, 5.41) is 1.54. The highest BCUT2D eigenvalue weighted by Crippen LogP contribution is 2.25. The predicted octanol–water partition coefficient (Wildman–Crippen LogP) is 4.49. The average molecular weight is 299 g/mol. The Kier molecular flexibility index (Phi) is 3.67. The number of aromatic amines is 1. The molecule has 0 fully saturated rings. The van der Waals surface area contributed by atoms with Crippen LogP contribution in [0.25, 0.3) is 10.9 Å². The molecule has 106 valence electrons. The van der Waals surface area contributed by atoms with Crippen LogP contribution in [0.1, 0.15) is 17.3 Å². The lowest BCUT2D eigenvalue weighted by Crippen LogP contribution is -2.30. The van der Waals surface area contributed by atoms with Crippen LogP contribution in [0.15, 0.2) is 54.7 Å². The molecule has 21 heavy (non-hydrogen) atoms. The number of amides is 1. The number of rotatable bonds is 3. The van der Waals surface area contributed by atoms with Gasteiger partial charge in [-0.2, -0.15) is 0 Å². The first-order chi connectivity index (χ1) is 10.2. The van der Waals surface area contributed by atoms with Crippen LogP contribution in [0.3, 0.4) is 0 Å². The number of benzene rings is 2. The lowest BCUT2D eigenvalue weighted by Gasteiger charge is -2.20. The number of nitrogens with zero attached hydrogens (tertiary/aromatic N) is 1. The summed E-state index contributed by atoms with van der Waals surface area (Å²) in [7, 11) is 0. The van der Waals surface area contributed by atoms with Crippen molar-refractivity contribution in [3.8, 4) is 0 Å². The van der Waals surface area contributed by atoms with Gasteiger partial charge < -0.3 is 9.88 Å². The third kappa shape index (κ3) is 2.52. The Balaban J connectivity index is 2.03. The Labute approximate surface area is 128 Å². The molecule has 3 rings (SSSR count). The van der Waals surface area contributed by atoms with E-state index in [1.54, 1.807) is 17.2 Å². The third-order valence-electron chi connectivity index (χ3n) is 3.50. The fraction of sp³-hybridized carbons (Fsp3) is 0.118. The van der Waals surface area contributed by atoms with Crippen LogP contribution in [-0.2, 0) is 0 Å². The molecule has 1 N–H and O–H groups in total. The second-order valence-corrected chi connectivity index (χ2v) is 5.21. The molecule has 0 radical (unpaired) electrons. The van der Waals surface area contributed by atoms with Crippen LogP contribution < -0.4 is 4.90 Å². The van der Waals surface area contributed by atoms with Gasteiger partial charge in [0, 0.05) is 34.4 Å². The summed E-state index contributed by atoms with van der Waals surface area (Å²) in [5.74, 6) is -0.0164. The summed E-state index contributed by atoms with van der Waals surface area (Å²) in [6.45, 7) is 2.58. The van der Waals surface area contributed by atoms with Crippen LogP contribution in [0, 0.1) is 0 Å². The lowest BCUT2D eigenvalue weighted by molar-refractivity contribution is 0.0990. The topological polar surface area (TPSA) is 36.1 Å². The summed E-state index contributed by atoms with van der Waals surface area (Å²) in [6.07, 6.45) is 1.74. The Hall–Kier alpha value is -2.26. The van der Waals surface area contributed by atoms with Crippen molar-refractivity contribution in [1.82, 2.24) is 4.98 Å². The maximum absolute atomic E-state index is 12.8. The molecule has 3 nitrogen and oxygen atoms in total. The van der Waals surface area contributed by atoms with E-state index in [-0.39, 0.29) is 5.91 Å². The molecule has 0 saturated heterocycles. The van der Waals surface area contributed by atoms with Gasteiger partial charge in [-0.3, -0.25) is 4.79 Å². The number of nitrogens with one attached hydrogen (secondary N) is 1. The van der Waals surface area contributed by atoms with E-state index in [1.165, 1.54) is 0 Å². The fourth-order valence-corrected chi connectivity index (χ4v) is 2.64. The molecule has 1 heterocycles. The standard InChI is InChI=1S/C17H15ClN2O/c1-2-20(13-6-4-3-5-7-13)17(21)15-11-19-16-10-12(18)8-9-14(15)16/h3-11,19H,2H2,1H3. The van der Waals surface area contributed by atoms with Gasteiger partial charge in [0.25, 0.3) is 5.91 Å². The van der Waals surface area contributed by atoms with Crippen LogP contribution >= 0.6 is 11.6 Å². The minimum atomic E-state index is -0.0164. The summed E-state index contributed by atoms with van der Waals surface area (Å²) < 4.78 is 0. The zero-order valence-corrected chi connectivity index (χ0v) is 12.4. The number of para-hydroxylation sites is 1. The molecule has 1 aromatic heterocycles. The van der Waals surface area contributed by atoms with Gasteiger partial charge in [0.2, 0.25) is 0 Å². The molecule has 0 aliphatic heterocycles. The number of fused-ring (bicyclic) bond motifs is 1. The van der Waals surface area contributed by atoms with Gasteiger partial charge in [-0.05, 0) is 31.2 Å². The van der Waals surface area contributed by atoms with Crippen molar-refractivity contribution in [2.75, 3.05) is 11.4 Å². The van der Waals surface area contributed by atoms with Crippen LogP contribution in [-0.4, -0.2) is 17.4 Å². The molecule has 0 bridgehead atoms. The Morgan fingerprint density at radius 2 is 1.95 bits per heavy atom. The molecule has 0 spiro atoms. The Morgan fingerprint density at radius 1 is 1.19 bits per heavy atom. The molecule has 2 aromatic carbocycles. The van der Waals surface area contributed by atoms with Crippen LogP contribution in [0.4, 0.5) is 5.69 Å². The van der Waals surface area contributed by atoms with Gasteiger partial charge in [-0.25, -0.2) is 0 Å². The first kappa shape index (κ1) is 13.7. The minimum Gasteiger partial charge on any atom is -0.360 e. The van der Waals surface area contributed by atoms with Gasteiger partial charge in [0.15, 0.2) is 0 Å². The normalized spacial score (nSPS) is 10.8. The van der Waals surface area contributed by atoms with Crippen molar-refractivity contribution in [3.63, 3.8) is 0 Å². The molecule has 0 unspecified atom stereocenters. The second-order valence-electron chi connectivity index (χ2n) is 4.78. The number of H-pyrrole nitrogens is 1. The smallest absolute Gasteiger partial charge is 0.260 e. The highest BCUT2D eigenvalue weighted by atomic mass is 35.5. The van der Waals surface area contributed by atoms with Crippen LogP contribution in [0.5, 0.6) is 0 Å². The maximum atomic E-state index is 12.8. The van der Waals surface area contributed by atoms with Gasteiger partial charge in [0.05, 0.1) is 5.56 Å². The van der Waals surface area contributed by atoms with E-state index in [0.29, 0.717) is 17.1 Å². The summed E-state index contributed by atoms with van der Waals surface area (Å²) >= 11 is 5.98. The maximum Gasteiger partial charge on any atom is 0.260 e. The van der Waals surface area contributed by atoms with E-state index >= 15 is 0 Å². The highest BCUT2D eigenvalue weighted by molar-refractivity contribution is 6.31. The summed E-state index contributed by atoms with van der Waals surface area (Å²) in [6, 6.07) is 15.2. The molecule has 0 aliphatic rings. The second kappa shape index (κ2) is 5.62. The van der Waals surface area contributed by atoms with Crippen LogP contribution in [0.2, 0.25) is 5.02 Å². The van der Waals surface area contributed by atoms with Gasteiger partial charge in [0.1, 0.15) is 0 Å². The number of aromatic nitrogens is 1. The van der Waals surface area contributed by atoms with E-state index < -0.39 is 0 Å². The average Bonchev–Trinajstić information content (AvgIpc) is 2.92. The summed E-state index contributed by atoms with van der Waals surface area (Å²) in [4.78, 5) is 17.7. The molecular weight excluding hydrogens is 284 g/mol. The molecule has 3 aromatic rings. The Morgan fingerprint density at radius 3 is 2.67 bits per heavy atom. The van der Waals surface area contributed by atoms with Crippen molar-refractivity contribution in [3.05, 3.63) is 65.3 Å². The molecule has 0 aliphatic carbocycles. The van der Waals surface area contributed by atoms with Crippen molar-refractivity contribution in [1.29, 1.82) is 0 Å². The quantitative estimate of drug-likeness (QED) is 0.760. The zero-order chi connectivity index (χ0) is 14.8. The van der Waals surface area contributed by atoms with E-state index in [1.807, 2.05) is 49.4 Å². The number of anilines is 1. The SMILES string of the molecule is CCN(C(=O)c1c[nH]c2cc(Cl)ccc12)c1ccccc1. The number of carbonyl (C=O) groups is 1. The molecular formula is C17H15ClN2O. The van der Waals surface area contributed by atoms with E-state index in [0.717, 1.165) is 16.6 Å². The van der Waals surface area contributed by atoms with Gasteiger partial charge in [-0.1, -0.05) is 35.9 Å². The predicted molar refractivity (Wildman–Crippen MR) is 87.1 cm³/mol. The zero-order valence-electron chi connectivity index (χ0n) is 11.6. The first-order valence-corrected chi connectivity index (χ1v) is 7.22. The number of halogens is 1. The molecule has 1 amide bonds. The van der Waals surface area contributed by atoms with E-state index in [2.05, 4.69) is 4.98 Å². The van der Waals surface area contributed by atoms with Crippen molar-refractivity contribution < 1.29 is 4.79 Å². The van der Waals surface area contributed by atoms with E-state index in [4.69, 9.17) is 11.6 Å². The highest BCUT2D eigenvalue weighted by Gasteiger charge is 2.19. The van der Waals surface area contributed by atoms with Gasteiger partial charge >= 0.3 is 0 Å². The van der Waals surface area contributed by atoms with Crippen molar-refractivity contribution >= 4 is 34.1 Å². The Bertz CT molecular complexity index is 780. The molecule has 0 saturated carbocycles. The first-order valence-electron chi connectivity index (χ1n) is 6.84. The molecule has 0 atom stereocenters. The largest absolute Gasteiger partial charge is 0.360 e. The van der Waals surface area contributed by atoms with Crippen molar-refractivity contribution in [2.45, 2.75) is 6.92 Å². The number of hydrogen-bond acceptors (Lipinski definition) is 1. The van der Waals surface area contributed by atoms with Crippen molar-refractivity contribution in [2.24, 2.45) is 0 Å². The monoisotopic (exact) mass is 298 g/mol. The van der Waals surface area contributed by atoms with E-state index in [9.17, 15) is 4.79 Å². The lowest BCUT2D eigenvalue weighted by atomic mass is 10.1. The third-order valence-corrected chi connectivity index (χ3v) is 3.74. The fourth-order valence-electron chi connectivity index (χ4n) is 2.47. The molecule has 4 heteroatoms. The summed E-state index contributed by atoms with van der Waals surface area (Å²) in [5.41, 5.74) is 2.43. The number of hydrogen-bond donors (Lipinski definition) is 1. The van der Waals surface area contributed by atoms with Gasteiger partial charge in [-0.15, -0.1) is 0 Å². The minimum absolute atomic E-state index is 0.0164.